The van der Waals surface area contributed by atoms with Crippen LogP contribution in [-0.4, -0.2) is 31.7 Å². The average Bonchev–Trinajstić information content (AvgIpc) is 3.09. The third-order valence-corrected chi connectivity index (χ3v) is 5.02. The minimum atomic E-state index is 0.445. The molecule has 0 bridgehead atoms. The van der Waals surface area contributed by atoms with Crippen molar-refractivity contribution in [2.24, 2.45) is 16.0 Å². The van der Waals surface area contributed by atoms with Crippen molar-refractivity contribution in [3.05, 3.63) is 41.0 Å². The minimum Gasteiger partial charge on any atom is -0.497 e. The maximum Gasteiger partial charge on any atom is 0.206 e. The summed E-state index contributed by atoms with van der Waals surface area (Å²) in [4.78, 5) is 5.41. The van der Waals surface area contributed by atoms with Gasteiger partial charge >= 0.3 is 0 Å². The zero-order chi connectivity index (χ0) is 18.9. The maximum atomic E-state index is 5.57. The lowest BCUT2D eigenvalue weighted by molar-refractivity contribution is 0.395. The van der Waals surface area contributed by atoms with Gasteiger partial charge in [0.05, 0.1) is 26.5 Å². The molecule has 6 heteroatoms. The molecule has 0 saturated heterocycles. The van der Waals surface area contributed by atoms with Gasteiger partial charge in [-0.1, -0.05) is 19.9 Å². The Morgan fingerprint density at radius 1 is 1.23 bits per heavy atom. The summed E-state index contributed by atoms with van der Waals surface area (Å²) in [7, 11) is 3.30. The summed E-state index contributed by atoms with van der Waals surface area (Å²) in [6, 6.07) is 5.79. The molecule has 2 aromatic rings. The molecule has 0 radical (unpaired) electrons. The van der Waals surface area contributed by atoms with Crippen molar-refractivity contribution in [3.63, 3.8) is 0 Å². The molecule has 0 unspecified atom stereocenters. The first-order valence-electron chi connectivity index (χ1n) is 8.77. The molecule has 26 heavy (non-hydrogen) atoms. The summed E-state index contributed by atoms with van der Waals surface area (Å²) in [6.07, 6.45) is 5.91. The Labute approximate surface area is 159 Å². The van der Waals surface area contributed by atoms with E-state index in [2.05, 4.69) is 30.8 Å². The van der Waals surface area contributed by atoms with Crippen LogP contribution in [0.5, 0.6) is 11.5 Å². The molecule has 0 amide bonds. The Kier molecular flexibility index (Phi) is 7.66. The number of methoxy groups -OCH3 is 2. The van der Waals surface area contributed by atoms with E-state index in [0.717, 1.165) is 40.4 Å². The van der Waals surface area contributed by atoms with Gasteiger partial charge in [0, 0.05) is 23.2 Å². The highest BCUT2D eigenvalue weighted by atomic mass is 32.1. The van der Waals surface area contributed by atoms with E-state index in [-0.39, 0.29) is 0 Å². The van der Waals surface area contributed by atoms with Gasteiger partial charge in [0.15, 0.2) is 0 Å². The number of aromatic nitrogens is 1. The van der Waals surface area contributed by atoms with Gasteiger partial charge in [0.1, 0.15) is 11.5 Å². The third kappa shape index (κ3) is 4.64. The van der Waals surface area contributed by atoms with E-state index in [9.17, 15) is 0 Å². The van der Waals surface area contributed by atoms with E-state index in [4.69, 9.17) is 14.6 Å². The quantitative estimate of drug-likeness (QED) is 0.477. The first-order valence-corrected chi connectivity index (χ1v) is 9.65. The highest BCUT2D eigenvalue weighted by Crippen LogP contribution is 2.33. The van der Waals surface area contributed by atoms with E-state index >= 15 is 0 Å². The molecule has 0 saturated carbocycles. The number of nitrogens with zero attached hydrogens (tertiary/aromatic N) is 3. The van der Waals surface area contributed by atoms with Crippen molar-refractivity contribution in [1.29, 1.82) is 0 Å². The molecule has 0 N–H and O–H groups in total. The Bertz CT molecular complexity index is 817. The molecule has 0 aliphatic carbocycles. The highest BCUT2D eigenvalue weighted by molar-refractivity contribution is 7.07. The fourth-order valence-electron chi connectivity index (χ4n) is 2.52. The molecule has 1 aromatic carbocycles. The van der Waals surface area contributed by atoms with Crippen LogP contribution in [0.3, 0.4) is 0 Å². The van der Waals surface area contributed by atoms with Crippen LogP contribution in [0, 0.1) is 5.92 Å². The van der Waals surface area contributed by atoms with E-state index < -0.39 is 0 Å². The predicted octanol–water partition coefficient (Wildman–Crippen LogP) is 4.59. The fourth-order valence-corrected chi connectivity index (χ4v) is 3.36. The molecular formula is C20H27N3O2S. The number of hydrogen-bond donors (Lipinski definition) is 0. The maximum absolute atomic E-state index is 5.57. The standard InChI is InChI=1S/C20H27N3O2S/c1-6-11-21-20-23(22-13-15(7-2)8-3)18(14-26-20)17-10-9-16(24-4)12-19(17)25-5/h6,9-10,12-15H,1,7-8,11H2,2-5H3/b21-20?,22-13+. The number of benzene rings is 1. The van der Waals surface area contributed by atoms with Gasteiger partial charge in [-0.25, -0.2) is 4.68 Å². The Morgan fingerprint density at radius 2 is 2.00 bits per heavy atom. The molecular weight excluding hydrogens is 346 g/mol. The number of ether oxygens (including phenoxy) is 2. The molecule has 1 aromatic heterocycles. The second-order valence-electron chi connectivity index (χ2n) is 5.75. The summed E-state index contributed by atoms with van der Waals surface area (Å²) in [5.41, 5.74) is 1.89. The summed E-state index contributed by atoms with van der Waals surface area (Å²) >= 11 is 1.55. The van der Waals surface area contributed by atoms with Gasteiger partial charge < -0.3 is 9.47 Å². The smallest absolute Gasteiger partial charge is 0.206 e. The van der Waals surface area contributed by atoms with Crippen molar-refractivity contribution < 1.29 is 9.47 Å². The molecule has 0 aliphatic rings. The van der Waals surface area contributed by atoms with Gasteiger partial charge in [-0.2, -0.15) is 5.10 Å². The summed E-state index contributed by atoms with van der Waals surface area (Å²) < 4.78 is 12.8. The zero-order valence-electron chi connectivity index (χ0n) is 15.9. The SMILES string of the molecule is C=CCN=c1scc(-c2ccc(OC)cc2OC)n1/N=C/C(CC)CC. The molecule has 0 aliphatic heterocycles. The molecule has 140 valence electrons. The van der Waals surface area contributed by atoms with Crippen LogP contribution < -0.4 is 14.3 Å². The van der Waals surface area contributed by atoms with Crippen LogP contribution >= 0.6 is 11.3 Å². The lowest BCUT2D eigenvalue weighted by Crippen LogP contribution is -2.14. The number of thiazole rings is 1. The monoisotopic (exact) mass is 373 g/mol. The minimum absolute atomic E-state index is 0.445. The van der Waals surface area contributed by atoms with Crippen molar-refractivity contribution in [3.8, 4) is 22.8 Å². The Balaban J connectivity index is 2.59. The van der Waals surface area contributed by atoms with Gasteiger partial charge in [-0.05, 0) is 30.9 Å². The van der Waals surface area contributed by atoms with E-state index in [1.165, 1.54) is 0 Å². The van der Waals surface area contributed by atoms with Gasteiger partial charge in [0.25, 0.3) is 0 Å². The van der Waals surface area contributed by atoms with E-state index in [1.807, 2.05) is 29.1 Å². The topological polar surface area (TPSA) is 48.1 Å². The third-order valence-electron chi connectivity index (χ3n) is 4.17. The average molecular weight is 374 g/mol. The van der Waals surface area contributed by atoms with Gasteiger partial charge in [-0.15, -0.1) is 17.9 Å². The second-order valence-corrected chi connectivity index (χ2v) is 6.59. The Hall–Kier alpha value is -2.34. The van der Waals surface area contributed by atoms with Crippen molar-refractivity contribution in [2.75, 3.05) is 20.8 Å². The molecule has 0 fully saturated rings. The van der Waals surface area contributed by atoms with Crippen molar-refractivity contribution >= 4 is 17.6 Å². The van der Waals surface area contributed by atoms with Crippen LogP contribution in [-0.2, 0) is 0 Å². The molecule has 2 rings (SSSR count). The van der Waals surface area contributed by atoms with Gasteiger partial charge in [0.2, 0.25) is 4.80 Å². The summed E-state index contributed by atoms with van der Waals surface area (Å²) in [5.74, 6) is 1.94. The normalized spacial score (nSPS) is 12.1. The van der Waals surface area contributed by atoms with Gasteiger partial charge in [-0.3, -0.25) is 4.99 Å². The van der Waals surface area contributed by atoms with Crippen LogP contribution in [0.15, 0.2) is 46.3 Å². The van der Waals surface area contributed by atoms with Crippen LogP contribution in [0.25, 0.3) is 11.3 Å². The molecule has 0 spiro atoms. The van der Waals surface area contributed by atoms with Crippen molar-refractivity contribution in [2.45, 2.75) is 26.7 Å². The molecule has 0 atom stereocenters. The lowest BCUT2D eigenvalue weighted by Gasteiger charge is -2.11. The van der Waals surface area contributed by atoms with Crippen LogP contribution in [0.2, 0.25) is 0 Å². The largest absolute Gasteiger partial charge is 0.497 e. The first kappa shape index (κ1) is 20.0. The molecule has 5 nitrogen and oxygen atoms in total. The van der Waals surface area contributed by atoms with Crippen molar-refractivity contribution in [1.82, 2.24) is 4.68 Å². The number of rotatable bonds is 9. The zero-order valence-corrected chi connectivity index (χ0v) is 16.8. The highest BCUT2D eigenvalue weighted by Gasteiger charge is 2.14. The lowest BCUT2D eigenvalue weighted by atomic mass is 10.1. The summed E-state index contributed by atoms with van der Waals surface area (Å²) in [5, 5.41) is 6.79. The Morgan fingerprint density at radius 3 is 2.62 bits per heavy atom. The fraction of sp³-hybridized carbons (Fsp3) is 0.400. The predicted molar refractivity (Wildman–Crippen MR) is 109 cm³/mol. The van der Waals surface area contributed by atoms with E-state index in [0.29, 0.717) is 12.5 Å². The summed E-state index contributed by atoms with van der Waals surface area (Å²) in [6.45, 7) is 8.65. The van der Waals surface area contributed by atoms with E-state index in [1.54, 1.807) is 31.6 Å². The first-order chi connectivity index (χ1) is 12.7. The van der Waals surface area contributed by atoms with Crippen LogP contribution in [0.4, 0.5) is 0 Å². The second kappa shape index (κ2) is 9.97. The number of hydrogen-bond acceptors (Lipinski definition) is 5. The molecule has 1 heterocycles. The van der Waals surface area contributed by atoms with Crippen LogP contribution in [0.1, 0.15) is 26.7 Å².